The highest BCUT2D eigenvalue weighted by Crippen LogP contribution is 2.22. The van der Waals surface area contributed by atoms with Crippen LogP contribution < -0.4 is 5.32 Å². The molecule has 0 bridgehead atoms. The van der Waals surface area contributed by atoms with Gasteiger partial charge in [0.25, 0.3) is 0 Å². The Balaban J connectivity index is 2.48. The topological polar surface area (TPSA) is 24.4 Å². The van der Waals surface area contributed by atoms with E-state index in [2.05, 4.69) is 44.9 Å². The number of amidine groups is 1. The number of nitrogens with one attached hydrogen (secondary N) is 1. The SMILES string of the molecule is CCC(C)C(C)NC1=NC(C)C(C)CS1. The van der Waals surface area contributed by atoms with Crippen LogP contribution in [-0.2, 0) is 0 Å². The van der Waals surface area contributed by atoms with Gasteiger partial charge in [0.2, 0.25) is 0 Å². The van der Waals surface area contributed by atoms with Gasteiger partial charge in [-0.25, -0.2) is 0 Å². The maximum atomic E-state index is 4.69. The lowest BCUT2D eigenvalue weighted by Gasteiger charge is -2.27. The summed E-state index contributed by atoms with van der Waals surface area (Å²) < 4.78 is 0. The minimum absolute atomic E-state index is 0.470. The maximum absolute atomic E-state index is 4.69. The molecule has 15 heavy (non-hydrogen) atoms. The van der Waals surface area contributed by atoms with E-state index in [9.17, 15) is 0 Å². The average Bonchev–Trinajstić information content (AvgIpc) is 2.22. The fourth-order valence-corrected chi connectivity index (χ4v) is 2.68. The van der Waals surface area contributed by atoms with Gasteiger partial charge >= 0.3 is 0 Å². The Kier molecular flexibility index (Phi) is 4.97. The van der Waals surface area contributed by atoms with Gasteiger partial charge in [0.1, 0.15) is 0 Å². The van der Waals surface area contributed by atoms with E-state index in [1.54, 1.807) is 0 Å². The zero-order chi connectivity index (χ0) is 11.4. The highest BCUT2D eigenvalue weighted by molar-refractivity contribution is 8.13. The molecule has 0 aromatic carbocycles. The van der Waals surface area contributed by atoms with Crippen molar-refractivity contribution in [3.63, 3.8) is 0 Å². The number of aliphatic imine (C=N–C) groups is 1. The summed E-state index contributed by atoms with van der Waals surface area (Å²) in [6.45, 7) is 11.3. The van der Waals surface area contributed by atoms with Crippen LogP contribution >= 0.6 is 11.8 Å². The second kappa shape index (κ2) is 5.78. The van der Waals surface area contributed by atoms with Crippen LogP contribution in [0.1, 0.15) is 41.0 Å². The van der Waals surface area contributed by atoms with Crippen molar-refractivity contribution in [2.45, 2.75) is 53.1 Å². The summed E-state index contributed by atoms with van der Waals surface area (Å²) in [5, 5.41) is 4.68. The van der Waals surface area contributed by atoms with Gasteiger partial charge in [-0.2, -0.15) is 0 Å². The fraction of sp³-hybridized carbons (Fsp3) is 0.917. The van der Waals surface area contributed by atoms with Crippen LogP contribution in [0.25, 0.3) is 0 Å². The van der Waals surface area contributed by atoms with Crippen molar-refractivity contribution in [2.75, 3.05) is 5.75 Å². The molecule has 0 aromatic heterocycles. The Bertz CT molecular complexity index is 228. The second-order valence-electron chi connectivity index (χ2n) is 4.78. The Morgan fingerprint density at radius 3 is 2.67 bits per heavy atom. The summed E-state index contributed by atoms with van der Waals surface area (Å²) >= 11 is 1.87. The second-order valence-corrected chi connectivity index (χ2v) is 5.79. The molecular weight excluding hydrogens is 204 g/mol. The van der Waals surface area contributed by atoms with Gasteiger partial charge in [-0.1, -0.05) is 39.0 Å². The van der Waals surface area contributed by atoms with Crippen molar-refractivity contribution >= 4 is 16.9 Å². The molecule has 1 N–H and O–H groups in total. The minimum Gasteiger partial charge on any atom is -0.362 e. The zero-order valence-electron chi connectivity index (χ0n) is 10.6. The van der Waals surface area contributed by atoms with Crippen LogP contribution in [0.4, 0.5) is 0 Å². The quantitative estimate of drug-likeness (QED) is 0.802. The van der Waals surface area contributed by atoms with Crippen LogP contribution in [0.5, 0.6) is 0 Å². The predicted octanol–water partition coefficient (Wildman–Crippen LogP) is 3.14. The van der Waals surface area contributed by atoms with E-state index in [1.807, 2.05) is 11.8 Å². The maximum Gasteiger partial charge on any atom is 0.157 e. The summed E-state index contributed by atoms with van der Waals surface area (Å²) in [5.74, 6) is 2.61. The first kappa shape index (κ1) is 12.9. The summed E-state index contributed by atoms with van der Waals surface area (Å²) in [4.78, 5) is 4.69. The predicted molar refractivity (Wildman–Crippen MR) is 70.6 cm³/mol. The Labute approximate surface area is 98.3 Å². The number of rotatable bonds is 3. The van der Waals surface area contributed by atoms with Crippen molar-refractivity contribution in [3.05, 3.63) is 0 Å². The van der Waals surface area contributed by atoms with Gasteiger partial charge in [-0.3, -0.25) is 4.99 Å². The normalized spacial score (nSPS) is 30.6. The van der Waals surface area contributed by atoms with Gasteiger partial charge in [-0.15, -0.1) is 0 Å². The van der Waals surface area contributed by atoms with E-state index in [-0.39, 0.29) is 0 Å². The molecule has 0 amide bonds. The Morgan fingerprint density at radius 2 is 2.13 bits per heavy atom. The minimum atomic E-state index is 0.470. The smallest absolute Gasteiger partial charge is 0.157 e. The number of nitrogens with zero attached hydrogens (tertiary/aromatic N) is 1. The molecule has 1 aliphatic heterocycles. The monoisotopic (exact) mass is 228 g/mol. The van der Waals surface area contributed by atoms with E-state index < -0.39 is 0 Å². The Hall–Kier alpha value is -0.180. The standard InChI is InChI=1S/C12H24N2S/c1-6-8(2)10(4)13-12-14-11(5)9(3)7-15-12/h8-11H,6-7H2,1-5H3,(H,13,14). The number of hydrogen-bond donors (Lipinski definition) is 1. The molecular formula is C12H24N2S. The van der Waals surface area contributed by atoms with Gasteiger partial charge in [-0.05, 0) is 25.7 Å². The molecule has 0 radical (unpaired) electrons. The largest absolute Gasteiger partial charge is 0.362 e. The van der Waals surface area contributed by atoms with Gasteiger partial charge < -0.3 is 5.32 Å². The molecule has 1 heterocycles. The van der Waals surface area contributed by atoms with Crippen molar-refractivity contribution < 1.29 is 0 Å². The molecule has 3 heteroatoms. The molecule has 0 spiro atoms. The Morgan fingerprint density at radius 1 is 1.47 bits per heavy atom. The lowest BCUT2D eigenvalue weighted by atomic mass is 10.0. The molecule has 4 unspecified atom stereocenters. The highest BCUT2D eigenvalue weighted by Gasteiger charge is 2.21. The zero-order valence-corrected chi connectivity index (χ0v) is 11.4. The highest BCUT2D eigenvalue weighted by atomic mass is 32.2. The molecule has 0 saturated heterocycles. The van der Waals surface area contributed by atoms with Crippen LogP contribution in [0, 0.1) is 11.8 Å². The van der Waals surface area contributed by atoms with Crippen LogP contribution in [0.2, 0.25) is 0 Å². The third-order valence-electron chi connectivity index (χ3n) is 3.48. The molecule has 88 valence electrons. The van der Waals surface area contributed by atoms with Gasteiger partial charge in [0.15, 0.2) is 5.17 Å². The molecule has 0 saturated carbocycles. The van der Waals surface area contributed by atoms with Crippen LogP contribution in [0.15, 0.2) is 4.99 Å². The third-order valence-corrected chi connectivity index (χ3v) is 4.67. The van der Waals surface area contributed by atoms with E-state index in [4.69, 9.17) is 0 Å². The fourth-order valence-electron chi connectivity index (χ4n) is 1.47. The van der Waals surface area contributed by atoms with Crippen molar-refractivity contribution in [3.8, 4) is 0 Å². The third kappa shape index (κ3) is 3.71. The van der Waals surface area contributed by atoms with Crippen molar-refractivity contribution in [1.29, 1.82) is 0 Å². The van der Waals surface area contributed by atoms with Gasteiger partial charge in [0, 0.05) is 11.8 Å². The number of hydrogen-bond acceptors (Lipinski definition) is 3. The first-order valence-electron chi connectivity index (χ1n) is 6.01. The molecule has 1 rings (SSSR count). The first-order valence-corrected chi connectivity index (χ1v) is 7.00. The van der Waals surface area contributed by atoms with Gasteiger partial charge in [0.05, 0.1) is 6.04 Å². The molecule has 1 aliphatic rings. The molecule has 0 aromatic rings. The van der Waals surface area contributed by atoms with E-state index in [1.165, 1.54) is 12.2 Å². The van der Waals surface area contributed by atoms with Crippen molar-refractivity contribution in [2.24, 2.45) is 16.8 Å². The van der Waals surface area contributed by atoms with E-state index in [0.29, 0.717) is 23.9 Å². The van der Waals surface area contributed by atoms with Crippen LogP contribution in [0.3, 0.4) is 0 Å². The van der Waals surface area contributed by atoms with E-state index in [0.717, 1.165) is 5.17 Å². The molecule has 2 nitrogen and oxygen atoms in total. The summed E-state index contributed by atoms with van der Waals surface area (Å²) in [5.41, 5.74) is 0. The summed E-state index contributed by atoms with van der Waals surface area (Å²) in [6.07, 6.45) is 1.22. The molecule has 4 atom stereocenters. The molecule has 0 fully saturated rings. The average molecular weight is 228 g/mol. The number of thioether (sulfide) groups is 1. The molecule has 0 aliphatic carbocycles. The first-order chi connectivity index (χ1) is 7.04. The lowest BCUT2D eigenvalue weighted by Crippen LogP contribution is -2.38. The van der Waals surface area contributed by atoms with Crippen molar-refractivity contribution in [1.82, 2.24) is 5.32 Å². The lowest BCUT2D eigenvalue weighted by molar-refractivity contribution is 0.436. The summed E-state index contributed by atoms with van der Waals surface area (Å²) in [7, 11) is 0. The summed E-state index contributed by atoms with van der Waals surface area (Å²) in [6, 6.07) is 1.000. The van der Waals surface area contributed by atoms with Crippen LogP contribution in [-0.4, -0.2) is 23.0 Å². The van der Waals surface area contributed by atoms with E-state index >= 15 is 0 Å².